The molecule has 0 radical (unpaired) electrons. The molecule has 1 atom stereocenters. The molecule has 0 aromatic heterocycles. The molecule has 0 saturated carbocycles. The zero-order chi connectivity index (χ0) is 24.1. The monoisotopic (exact) mass is 488 g/mol. The van der Waals surface area contributed by atoms with Gasteiger partial charge in [-0.2, -0.15) is 4.31 Å². The smallest absolute Gasteiger partial charge is 0.338 e. The molecule has 2 aliphatic heterocycles. The summed E-state index contributed by atoms with van der Waals surface area (Å²) in [6, 6.07) is 13.1. The number of ether oxygens (including phenoxy) is 3. The molecular weight excluding hydrogens is 460 g/mol. The Hall–Kier alpha value is -3.11. The first-order valence-electron chi connectivity index (χ1n) is 11.3. The minimum atomic E-state index is -3.71. The van der Waals surface area contributed by atoms with Gasteiger partial charge in [-0.25, -0.2) is 13.2 Å². The Kier molecular flexibility index (Phi) is 7.38. The highest BCUT2D eigenvalue weighted by molar-refractivity contribution is 7.89. The number of nitrogens with one attached hydrogen (secondary N) is 1. The Labute approximate surface area is 199 Å². The van der Waals surface area contributed by atoms with Gasteiger partial charge in [0.2, 0.25) is 15.9 Å². The van der Waals surface area contributed by atoms with E-state index >= 15 is 0 Å². The zero-order valence-corrected chi connectivity index (χ0v) is 19.8. The van der Waals surface area contributed by atoms with E-state index in [1.807, 2.05) is 24.3 Å². The van der Waals surface area contributed by atoms with Crippen molar-refractivity contribution in [2.75, 3.05) is 32.8 Å². The van der Waals surface area contributed by atoms with Gasteiger partial charge in [-0.1, -0.05) is 12.1 Å². The minimum absolute atomic E-state index is 0.109. The molecule has 1 N–H and O–H groups in total. The molecule has 9 nitrogen and oxygen atoms in total. The Bertz CT molecular complexity index is 1130. The van der Waals surface area contributed by atoms with Crippen molar-refractivity contribution in [1.82, 2.24) is 9.62 Å². The van der Waals surface area contributed by atoms with Gasteiger partial charge in [-0.05, 0) is 56.2 Å². The van der Waals surface area contributed by atoms with E-state index in [9.17, 15) is 18.0 Å². The van der Waals surface area contributed by atoms with Crippen LogP contribution < -0.4 is 14.8 Å². The number of sulfonamides is 1. The highest BCUT2D eigenvalue weighted by Gasteiger charge is 2.32. The van der Waals surface area contributed by atoms with Crippen molar-refractivity contribution >= 4 is 21.9 Å². The summed E-state index contributed by atoms with van der Waals surface area (Å²) in [5.41, 5.74) is 0.298. The number of fused-ring (bicyclic) bond motifs is 1. The van der Waals surface area contributed by atoms with Gasteiger partial charge in [0.15, 0.2) is 11.5 Å². The van der Waals surface area contributed by atoms with E-state index in [0.29, 0.717) is 43.1 Å². The van der Waals surface area contributed by atoms with Crippen LogP contribution in [0.3, 0.4) is 0 Å². The molecule has 2 aromatic carbocycles. The average molecular weight is 489 g/mol. The van der Waals surface area contributed by atoms with Crippen molar-refractivity contribution < 1.29 is 32.2 Å². The number of carbonyl (C=O) groups is 2. The molecule has 1 amide bonds. The number of carbonyl (C=O) groups excluding carboxylic acids is 2. The highest BCUT2D eigenvalue weighted by atomic mass is 32.2. The predicted molar refractivity (Wildman–Crippen MR) is 123 cm³/mol. The maximum Gasteiger partial charge on any atom is 0.338 e. The first kappa shape index (κ1) is 24.0. The maximum absolute atomic E-state index is 13.0. The van der Waals surface area contributed by atoms with E-state index in [0.717, 1.165) is 0 Å². The van der Waals surface area contributed by atoms with Crippen molar-refractivity contribution in [2.24, 2.45) is 5.92 Å². The molecule has 1 fully saturated rings. The van der Waals surface area contributed by atoms with Crippen LogP contribution in [0.4, 0.5) is 0 Å². The van der Waals surface area contributed by atoms with Crippen LogP contribution in [0.15, 0.2) is 53.4 Å². The molecule has 34 heavy (non-hydrogen) atoms. The van der Waals surface area contributed by atoms with Crippen molar-refractivity contribution in [1.29, 1.82) is 0 Å². The summed E-state index contributed by atoms with van der Waals surface area (Å²) < 4.78 is 43.8. The molecule has 10 heteroatoms. The lowest BCUT2D eigenvalue weighted by Crippen LogP contribution is -2.46. The summed E-state index contributed by atoms with van der Waals surface area (Å²) in [6.07, 6.45) is 0.574. The molecular formula is C24H28N2O7S. The van der Waals surface area contributed by atoms with Gasteiger partial charge in [0.05, 0.1) is 23.6 Å². The first-order chi connectivity index (χ1) is 16.4. The van der Waals surface area contributed by atoms with Crippen LogP contribution in [-0.4, -0.2) is 63.6 Å². The lowest BCUT2D eigenvalue weighted by atomic mass is 9.97. The maximum atomic E-state index is 13.0. The molecule has 0 aliphatic carbocycles. The number of hydrogen-bond donors (Lipinski definition) is 1. The quantitative estimate of drug-likeness (QED) is 0.595. The third-order valence-electron chi connectivity index (χ3n) is 5.90. The van der Waals surface area contributed by atoms with E-state index in [2.05, 4.69) is 5.32 Å². The van der Waals surface area contributed by atoms with Crippen LogP contribution in [0.25, 0.3) is 0 Å². The summed E-state index contributed by atoms with van der Waals surface area (Å²) in [5.74, 6) is 0.469. The summed E-state index contributed by atoms with van der Waals surface area (Å²) in [4.78, 5) is 24.5. The van der Waals surface area contributed by atoms with E-state index in [-0.39, 0.29) is 42.5 Å². The van der Waals surface area contributed by atoms with Gasteiger partial charge in [0.25, 0.3) is 0 Å². The minimum Gasteiger partial charge on any atom is -0.486 e. The average Bonchev–Trinajstić information content (AvgIpc) is 2.87. The number of nitrogens with zero attached hydrogens (tertiary/aromatic N) is 1. The first-order valence-corrected chi connectivity index (χ1v) is 12.8. The molecule has 2 aliphatic rings. The number of esters is 1. The second-order valence-corrected chi connectivity index (χ2v) is 10.1. The van der Waals surface area contributed by atoms with Gasteiger partial charge in [-0.15, -0.1) is 0 Å². The topological polar surface area (TPSA) is 111 Å². The third-order valence-corrected chi connectivity index (χ3v) is 7.81. The second kappa shape index (κ2) is 10.4. The normalized spacial score (nSPS) is 18.8. The van der Waals surface area contributed by atoms with Crippen LogP contribution in [-0.2, 0) is 19.6 Å². The van der Waals surface area contributed by atoms with Gasteiger partial charge in [0, 0.05) is 19.0 Å². The highest BCUT2D eigenvalue weighted by Crippen LogP contribution is 2.31. The standard InChI is InChI=1S/C24H28N2O7S/c1-2-31-24(28)18-7-9-20(10-8-18)34(29,30)26-13-11-17(12-14-26)23(27)25-15-19-16-32-21-5-3-4-6-22(21)33-19/h3-10,17,19H,2,11-16H2,1H3,(H,25,27)/t19-/m0/s1. The van der Waals surface area contributed by atoms with Gasteiger partial charge in [0.1, 0.15) is 12.7 Å². The number of rotatable bonds is 7. The molecule has 4 rings (SSSR count). The van der Waals surface area contributed by atoms with Crippen LogP contribution in [0.1, 0.15) is 30.1 Å². The molecule has 1 saturated heterocycles. The van der Waals surface area contributed by atoms with Crippen LogP contribution in [0.5, 0.6) is 11.5 Å². The Morgan fingerprint density at radius 3 is 2.41 bits per heavy atom. The van der Waals surface area contributed by atoms with Crippen molar-refractivity contribution in [3.63, 3.8) is 0 Å². The van der Waals surface area contributed by atoms with E-state index in [1.54, 1.807) is 6.92 Å². The molecule has 0 spiro atoms. The number of amides is 1. The molecule has 0 bridgehead atoms. The fourth-order valence-electron chi connectivity index (χ4n) is 4.01. The lowest BCUT2D eigenvalue weighted by Gasteiger charge is -2.31. The number of piperidine rings is 1. The second-order valence-electron chi connectivity index (χ2n) is 8.17. The molecule has 0 unspecified atom stereocenters. The van der Waals surface area contributed by atoms with Crippen molar-refractivity contribution in [3.8, 4) is 11.5 Å². The number of para-hydroxylation sites is 2. The fourth-order valence-corrected chi connectivity index (χ4v) is 5.48. The lowest BCUT2D eigenvalue weighted by molar-refractivity contribution is -0.126. The molecule has 2 aromatic rings. The summed E-state index contributed by atoms with van der Waals surface area (Å²) in [6.45, 7) is 3.11. The summed E-state index contributed by atoms with van der Waals surface area (Å²) in [7, 11) is -3.71. The van der Waals surface area contributed by atoms with Gasteiger partial charge < -0.3 is 19.5 Å². The van der Waals surface area contributed by atoms with E-state index < -0.39 is 16.0 Å². The van der Waals surface area contributed by atoms with Crippen LogP contribution in [0.2, 0.25) is 0 Å². The van der Waals surface area contributed by atoms with Gasteiger partial charge >= 0.3 is 5.97 Å². The largest absolute Gasteiger partial charge is 0.486 e. The zero-order valence-electron chi connectivity index (χ0n) is 18.9. The van der Waals surface area contributed by atoms with E-state index in [4.69, 9.17) is 14.2 Å². The predicted octanol–water partition coefficient (Wildman–Crippen LogP) is 2.22. The summed E-state index contributed by atoms with van der Waals surface area (Å²) >= 11 is 0. The third kappa shape index (κ3) is 5.34. The van der Waals surface area contributed by atoms with Crippen molar-refractivity contribution in [2.45, 2.75) is 30.8 Å². The Morgan fingerprint density at radius 2 is 1.74 bits per heavy atom. The van der Waals surface area contributed by atoms with Crippen LogP contribution in [0, 0.1) is 5.92 Å². The number of benzene rings is 2. The molecule has 2 heterocycles. The SMILES string of the molecule is CCOC(=O)c1ccc(S(=O)(=O)N2CCC(C(=O)NC[C@H]3COc4ccccc4O3)CC2)cc1. The van der Waals surface area contributed by atoms with Gasteiger partial charge in [-0.3, -0.25) is 4.79 Å². The Morgan fingerprint density at radius 1 is 1.06 bits per heavy atom. The summed E-state index contributed by atoms with van der Waals surface area (Å²) in [5, 5.41) is 2.91. The fraction of sp³-hybridized carbons (Fsp3) is 0.417. The molecule has 182 valence electrons. The number of hydrogen-bond acceptors (Lipinski definition) is 7. The van der Waals surface area contributed by atoms with Crippen molar-refractivity contribution in [3.05, 3.63) is 54.1 Å². The Balaban J connectivity index is 1.27. The van der Waals surface area contributed by atoms with E-state index in [1.165, 1.54) is 28.6 Å². The van der Waals surface area contributed by atoms with Crippen LogP contribution >= 0.6 is 0 Å².